The molecule has 122 valence electrons. The van der Waals surface area contributed by atoms with Crippen molar-refractivity contribution in [3.63, 3.8) is 0 Å². The monoisotopic (exact) mass is 308 g/mol. The van der Waals surface area contributed by atoms with Crippen LogP contribution in [-0.2, 0) is 9.47 Å². The summed E-state index contributed by atoms with van der Waals surface area (Å²) in [6.07, 6.45) is -0.607. The number of esters is 1. The summed E-state index contributed by atoms with van der Waals surface area (Å²) in [5.41, 5.74) is 5.63. The van der Waals surface area contributed by atoms with Crippen molar-refractivity contribution in [3.8, 4) is 0 Å². The molecule has 3 N–H and O–H groups in total. The van der Waals surface area contributed by atoms with Gasteiger partial charge < -0.3 is 15.2 Å². The van der Waals surface area contributed by atoms with E-state index in [-0.39, 0.29) is 5.69 Å². The molecule has 0 aliphatic carbocycles. The fourth-order valence-electron chi connectivity index (χ4n) is 1.55. The zero-order valence-electron chi connectivity index (χ0n) is 13.9. The molecule has 6 nitrogen and oxygen atoms in total. The summed E-state index contributed by atoms with van der Waals surface area (Å²) in [4.78, 5) is 23.7. The first-order valence-corrected chi connectivity index (χ1v) is 7.00. The molecule has 0 unspecified atom stereocenters. The van der Waals surface area contributed by atoms with Gasteiger partial charge >= 0.3 is 12.1 Å². The minimum absolute atomic E-state index is 0.259. The number of nitrogens with two attached hydrogens (primary N) is 1. The fourth-order valence-corrected chi connectivity index (χ4v) is 1.55. The Hall–Kier alpha value is -2.24. The zero-order chi connectivity index (χ0) is 17.1. The van der Waals surface area contributed by atoms with E-state index in [2.05, 4.69) is 5.32 Å². The van der Waals surface area contributed by atoms with Crippen LogP contribution in [-0.4, -0.2) is 23.3 Å². The van der Waals surface area contributed by atoms with Crippen molar-refractivity contribution in [1.29, 1.82) is 0 Å². The number of amides is 1. The van der Waals surface area contributed by atoms with Gasteiger partial charge in [0.1, 0.15) is 11.2 Å². The highest BCUT2D eigenvalue weighted by Crippen LogP contribution is 2.22. The second-order valence-electron chi connectivity index (χ2n) is 6.93. The average molecular weight is 308 g/mol. The summed E-state index contributed by atoms with van der Waals surface area (Å²) in [5, 5.41) is 2.54. The van der Waals surface area contributed by atoms with E-state index in [1.807, 2.05) is 0 Å². The number of anilines is 2. The van der Waals surface area contributed by atoms with Gasteiger partial charge in [0.25, 0.3) is 0 Å². The molecule has 0 spiro atoms. The van der Waals surface area contributed by atoms with Crippen molar-refractivity contribution in [3.05, 3.63) is 23.8 Å². The third-order valence-electron chi connectivity index (χ3n) is 2.32. The Morgan fingerprint density at radius 1 is 1.00 bits per heavy atom. The first-order valence-electron chi connectivity index (χ1n) is 7.00. The Labute approximate surface area is 131 Å². The number of ether oxygens (including phenoxy) is 2. The Bertz CT molecular complexity index is 568. The van der Waals surface area contributed by atoms with Crippen molar-refractivity contribution in [2.45, 2.75) is 52.7 Å². The standard InChI is InChI=1S/C16H24N2O4/c1-15(2,3)21-13(19)10-7-8-12(11(17)9-10)18-14(20)22-16(4,5)6/h7-9H,17H2,1-6H3,(H,18,20). The van der Waals surface area contributed by atoms with E-state index < -0.39 is 23.3 Å². The van der Waals surface area contributed by atoms with Gasteiger partial charge in [-0.25, -0.2) is 9.59 Å². The second kappa shape index (κ2) is 6.25. The molecule has 1 aromatic rings. The second-order valence-corrected chi connectivity index (χ2v) is 6.93. The van der Waals surface area contributed by atoms with Crippen LogP contribution in [0.4, 0.5) is 16.2 Å². The van der Waals surface area contributed by atoms with Crippen LogP contribution < -0.4 is 11.1 Å². The van der Waals surface area contributed by atoms with E-state index in [9.17, 15) is 9.59 Å². The highest BCUT2D eigenvalue weighted by molar-refractivity contribution is 5.95. The van der Waals surface area contributed by atoms with Gasteiger partial charge in [-0.1, -0.05) is 0 Å². The minimum Gasteiger partial charge on any atom is -0.456 e. The molecule has 0 fully saturated rings. The summed E-state index contributed by atoms with van der Waals surface area (Å²) in [6.45, 7) is 10.6. The maximum atomic E-state index is 11.9. The Morgan fingerprint density at radius 3 is 2.00 bits per heavy atom. The molecular formula is C16H24N2O4. The minimum atomic E-state index is -0.607. The van der Waals surface area contributed by atoms with Gasteiger partial charge in [0.2, 0.25) is 0 Å². The molecule has 0 bridgehead atoms. The molecule has 0 saturated carbocycles. The third-order valence-corrected chi connectivity index (χ3v) is 2.32. The third kappa shape index (κ3) is 6.03. The van der Waals surface area contributed by atoms with Gasteiger partial charge in [0, 0.05) is 0 Å². The topological polar surface area (TPSA) is 90.6 Å². The predicted molar refractivity (Wildman–Crippen MR) is 85.9 cm³/mol. The fraction of sp³-hybridized carbons (Fsp3) is 0.500. The number of nitrogen functional groups attached to an aromatic ring is 1. The molecule has 1 aromatic carbocycles. The van der Waals surface area contributed by atoms with Crippen molar-refractivity contribution in [1.82, 2.24) is 0 Å². The first kappa shape index (κ1) is 17.8. The molecule has 22 heavy (non-hydrogen) atoms. The summed E-state index contributed by atoms with van der Waals surface area (Å²) in [6, 6.07) is 4.54. The van der Waals surface area contributed by atoms with Crippen molar-refractivity contribution >= 4 is 23.4 Å². The summed E-state index contributed by atoms with van der Waals surface area (Å²) in [5.74, 6) is -0.469. The van der Waals surface area contributed by atoms with Crippen LogP contribution in [0.3, 0.4) is 0 Å². The van der Waals surface area contributed by atoms with E-state index in [4.69, 9.17) is 15.2 Å². The molecule has 0 aliphatic heterocycles. The zero-order valence-corrected chi connectivity index (χ0v) is 13.9. The number of rotatable bonds is 2. The van der Waals surface area contributed by atoms with Gasteiger partial charge in [0.15, 0.2) is 0 Å². The van der Waals surface area contributed by atoms with Gasteiger partial charge in [-0.05, 0) is 59.7 Å². The predicted octanol–water partition coefficient (Wildman–Crippen LogP) is 3.57. The smallest absolute Gasteiger partial charge is 0.412 e. The highest BCUT2D eigenvalue weighted by Gasteiger charge is 2.20. The molecule has 0 heterocycles. The summed E-state index contributed by atoms with van der Waals surface area (Å²) < 4.78 is 10.4. The van der Waals surface area contributed by atoms with Gasteiger partial charge in [0.05, 0.1) is 16.9 Å². The number of benzene rings is 1. The SMILES string of the molecule is CC(C)(C)OC(=O)Nc1ccc(C(=O)OC(C)(C)C)cc1N. The number of carbonyl (C=O) groups is 2. The quantitative estimate of drug-likeness (QED) is 0.644. The van der Waals surface area contributed by atoms with Crippen LogP contribution in [0.2, 0.25) is 0 Å². The number of nitrogens with one attached hydrogen (secondary N) is 1. The van der Waals surface area contributed by atoms with Crippen molar-refractivity contribution < 1.29 is 19.1 Å². The molecule has 6 heteroatoms. The molecule has 0 saturated heterocycles. The molecule has 1 rings (SSSR count). The van der Waals surface area contributed by atoms with Gasteiger partial charge in [-0.2, -0.15) is 0 Å². The number of hydrogen-bond donors (Lipinski definition) is 2. The normalized spacial score (nSPS) is 11.7. The average Bonchev–Trinajstić information content (AvgIpc) is 2.26. The van der Waals surface area contributed by atoms with E-state index >= 15 is 0 Å². The molecule has 0 atom stereocenters. The van der Waals surface area contributed by atoms with Crippen LogP contribution in [0.1, 0.15) is 51.9 Å². The van der Waals surface area contributed by atoms with Crippen LogP contribution in [0.5, 0.6) is 0 Å². The molecular weight excluding hydrogens is 284 g/mol. The number of hydrogen-bond acceptors (Lipinski definition) is 5. The summed E-state index contributed by atoms with van der Waals surface area (Å²) in [7, 11) is 0. The number of carbonyl (C=O) groups excluding carboxylic acids is 2. The lowest BCUT2D eigenvalue weighted by atomic mass is 10.1. The van der Waals surface area contributed by atoms with E-state index in [0.29, 0.717) is 11.3 Å². The van der Waals surface area contributed by atoms with Crippen molar-refractivity contribution in [2.24, 2.45) is 0 Å². The molecule has 0 aromatic heterocycles. The Balaban J connectivity index is 2.82. The largest absolute Gasteiger partial charge is 0.456 e. The highest BCUT2D eigenvalue weighted by atomic mass is 16.6. The molecule has 1 amide bonds. The Kier molecular flexibility index (Phi) is 5.06. The van der Waals surface area contributed by atoms with Crippen molar-refractivity contribution in [2.75, 3.05) is 11.1 Å². The summed E-state index contributed by atoms with van der Waals surface area (Å²) >= 11 is 0. The lowest BCUT2D eigenvalue weighted by molar-refractivity contribution is 0.00694. The molecule has 0 radical (unpaired) electrons. The van der Waals surface area contributed by atoms with E-state index in [1.54, 1.807) is 47.6 Å². The van der Waals surface area contributed by atoms with Gasteiger partial charge in [-0.15, -0.1) is 0 Å². The van der Waals surface area contributed by atoms with Crippen LogP contribution >= 0.6 is 0 Å². The lowest BCUT2D eigenvalue weighted by Crippen LogP contribution is -2.27. The van der Waals surface area contributed by atoms with Crippen LogP contribution in [0.25, 0.3) is 0 Å². The Morgan fingerprint density at radius 2 is 1.55 bits per heavy atom. The maximum absolute atomic E-state index is 11.9. The van der Waals surface area contributed by atoms with Crippen LogP contribution in [0, 0.1) is 0 Å². The van der Waals surface area contributed by atoms with E-state index in [1.165, 1.54) is 12.1 Å². The molecule has 0 aliphatic rings. The lowest BCUT2D eigenvalue weighted by Gasteiger charge is -2.21. The van der Waals surface area contributed by atoms with Gasteiger partial charge in [-0.3, -0.25) is 5.32 Å². The maximum Gasteiger partial charge on any atom is 0.412 e. The van der Waals surface area contributed by atoms with Crippen LogP contribution in [0.15, 0.2) is 18.2 Å². The van der Waals surface area contributed by atoms with E-state index in [0.717, 1.165) is 0 Å². The first-order chi connectivity index (χ1) is 9.87.